The fourth-order valence-electron chi connectivity index (χ4n) is 1.33. The van der Waals surface area contributed by atoms with Gasteiger partial charge in [-0.3, -0.25) is 0 Å². The molecule has 0 spiro atoms. The maximum absolute atomic E-state index is 5.21. The minimum Gasteiger partial charge on any atom is -0.391 e. The smallest absolute Gasteiger partial charge is 0.142 e. The van der Waals surface area contributed by atoms with Crippen molar-refractivity contribution in [2.45, 2.75) is 13.0 Å². The van der Waals surface area contributed by atoms with Crippen molar-refractivity contribution >= 4 is 33.5 Å². The van der Waals surface area contributed by atoms with Gasteiger partial charge >= 0.3 is 0 Å². The zero-order valence-electron chi connectivity index (χ0n) is 9.17. The van der Waals surface area contributed by atoms with E-state index in [9.17, 15) is 0 Å². The summed E-state index contributed by atoms with van der Waals surface area (Å²) in [5.74, 6) is 0. The third-order valence-corrected chi connectivity index (χ3v) is 3.73. The van der Waals surface area contributed by atoms with Crippen molar-refractivity contribution in [3.63, 3.8) is 0 Å². The van der Waals surface area contributed by atoms with Crippen LogP contribution in [0.3, 0.4) is 0 Å². The van der Waals surface area contributed by atoms with Crippen LogP contribution >= 0.6 is 27.3 Å². The molecule has 0 radical (unpaired) electrons. The maximum Gasteiger partial charge on any atom is 0.142 e. The molecule has 1 aromatic heterocycles. The molecule has 0 aliphatic heterocycles. The minimum absolute atomic E-state index is 0.519. The van der Waals surface area contributed by atoms with E-state index >= 15 is 0 Å². The summed E-state index contributed by atoms with van der Waals surface area (Å²) in [6.45, 7) is 0.519. The number of hydrogen-bond donors (Lipinski definition) is 0. The summed E-state index contributed by atoms with van der Waals surface area (Å²) in [5, 5.41) is 6.04. The van der Waals surface area contributed by atoms with E-state index in [2.05, 4.69) is 32.5 Å². The summed E-state index contributed by atoms with van der Waals surface area (Å²) in [7, 11) is 0. The first-order valence-corrected chi connectivity index (χ1v) is 6.92. The number of halogens is 1. The predicted molar refractivity (Wildman–Crippen MR) is 75.4 cm³/mol. The van der Waals surface area contributed by atoms with Gasteiger partial charge < -0.3 is 4.84 Å². The third kappa shape index (κ3) is 4.32. The highest BCUT2D eigenvalue weighted by Gasteiger charge is 1.94. The molecule has 0 atom stereocenters. The molecular weight excluding hydrogens is 298 g/mol. The fourth-order valence-corrected chi connectivity index (χ4v) is 2.56. The van der Waals surface area contributed by atoms with Crippen molar-refractivity contribution in [3.05, 3.63) is 56.7 Å². The topological polar surface area (TPSA) is 21.6 Å². The van der Waals surface area contributed by atoms with Crippen molar-refractivity contribution in [2.75, 3.05) is 0 Å². The van der Waals surface area contributed by atoms with Gasteiger partial charge in [0.2, 0.25) is 0 Å². The Morgan fingerprint density at radius 2 is 2.06 bits per heavy atom. The van der Waals surface area contributed by atoms with Crippen molar-refractivity contribution in [1.29, 1.82) is 0 Å². The van der Waals surface area contributed by atoms with Crippen LogP contribution in [0.5, 0.6) is 0 Å². The lowest BCUT2D eigenvalue weighted by Gasteiger charge is -1.98. The van der Waals surface area contributed by atoms with Gasteiger partial charge in [-0.1, -0.05) is 35.5 Å². The number of oxime groups is 1. The number of benzene rings is 1. The molecule has 0 saturated heterocycles. The standard InChI is InChI=1S/C13H12BrNOS/c14-13-8-12(10-17-13)6-7-15-16-9-11-4-2-1-3-5-11/h1-5,7-8,10H,6,9H2. The molecular formula is C13H12BrNOS. The highest BCUT2D eigenvalue weighted by molar-refractivity contribution is 9.11. The van der Waals surface area contributed by atoms with Crippen LogP contribution < -0.4 is 0 Å². The van der Waals surface area contributed by atoms with Gasteiger partial charge in [0.1, 0.15) is 6.61 Å². The molecule has 0 aliphatic carbocycles. The van der Waals surface area contributed by atoms with E-state index in [1.165, 1.54) is 5.56 Å². The van der Waals surface area contributed by atoms with E-state index in [-0.39, 0.29) is 0 Å². The Kier molecular flexibility index (Phi) is 4.76. The normalized spacial score (nSPS) is 10.9. The maximum atomic E-state index is 5.21. The van der Waals surface area contributed by atoms with Crippen LogP contribution in [0.15, 0.2) is 50.7 Å². The predicted octanol–water partition coefficient (Wildman–Crippen LogP) is 4.26. The molecule has 0 unspecified atom stereocenters. The second-order valence-corrected chi connectivity index (χ2v) is 5.80. The fraction of sp³-hybridized carbons (Fsp3) is 0.154. The van der Waals surface area contributed by atoms with Gasteiger partial charge in [-0.25, -0.2) is 0 Å². The molecule has 1 heterocycles. The number of rotatable bonds is 5. The van der Waals surface area contributed by atoms with E-state index in [1.54, 1.807) is 17.6 Å². The van der Waals surface area contributed by atoms with Crippen LogP contribution in [0.4, 0.5) is 0 Å². The number of thiophene rings is 1. The first kappa shape index (κ1) is 12.3. The first-order chi connectivity index (χ1) is 8.34. The third-order valence-electron chi connectivity index (χ3n) is 2.17. The summed E-state index contributed by atoms with van der Waals surface area (Å²) < 4.78 is 1.14. The van der Waals surface area contributed by atoms with E-state index in [4.69, 9.17) is 4.84 Å². The van der Waals surface area contributed by atoms with Crippen LogP contribution in [0.1, 0.15) is 11.1 Å². The van der Waals surface area contributed by atoms with Crippen molar-refractivity contribution < 1.29 is 4.84 Å². The van der Waals surface area contributed by atoms with Gasteiger partial charge in [-0.15, -0.1) is 11.3 Å². The van der Waals surface area contributed by atoms with Crippen LogP contribution in [0.2, 0.25) is 0 Å². The van der Waals surface area contributed by atoms with Crippen LogP contribution in [-0.4, -0.2) is 6.21 Å². The molecule has 4 heteroatoms. The molecule has 0 aliphatic rings. The Morgan fingerprint density at radius 3 is 2.76 bits per heavy atom. The summed E-state index contributed by atoms with van der Waals surface area (Å²) in [4.78, 5) is 5.21. The van der Waals surface area contributed by atoms with Crippen LogP contribution in [0.25, 0.3) is 0 Å². The second-order valence-electron chi connectivity index (χ2n) is 3.51. The average molecular weight is 310 g/mol. The van der Waals surface area contributed by atoms with E-state index in [0.717, 1.165) is 15.8 Å². The number of nitrogens with zero attached hydrogens (tertiary/aromatic N) is 1. The lowest BCUT2D eigenvalue weighted by atomic mass is 10.2. The molecule has 0 saturated carbocycles. The largest absolute Gasteiger partial charge is 0.391 e. The average Bonchev–Trinajstić information content (AvgIpc) is 2.76. The summed E-state index contributed by atoms with van der Waals surface area (Å²) in [6.07, 6.45) is 2.59. The molecule has 2 rings (SSSR count). The summed E-state index contributed by atoms with van der Waals surface area (Å²) >= 11 is 5.11. The Labute approximate surface area is 113 Å². The van der Waals surface area contributed by atoms with Gasteiger partial charge in [-0.05, 0) is 38.5 Å². The monoisotopic (exact) mass is 309 g/mol. The van der Waals surface area contributed by atoms with Crippen LogP contribution in [0, 0.1) is 0 Å². The molecule has 0 amide bonds. The molecule has 0 fully saturated rings. The summed E-state index contributed by atoms with van der Waals surface area (Å²) in [6, 6.07) is 12.1. The second kappa shape index (κ2) is 6.57. The SMILES string of the molecule is Brc1cc(CC=NOCc2ccccc2)cs1. The number of hydrogen-bond acceptors (Lipinski definition) is 3. The van der Waals surface area contributed by atoms with E-state index < -0.39 is 0 Å². The molecule has 0 bridgehead atoms. The minimum atomic E-state index is 0.519. The molecule has 17 heavy (non-hydrogen) atoms. The highest BCUT2D eigenvalue weighted by atomic mass is 79.9. The lowest BCUT2D eigenvalue weighted by molar-refractivity contribution is 0.131. The Morgan fingerprint density at radius 1 is 1.24 bits per heavy atom. The molecule has 1 aromatic carbocycles. The molecule has 0 N–H and O–H groups in total. The molecule has 2 nitrogen and oxygen atoms in total. The highest BCUT2D eigenvalue weighted by Crippen LogP contribution is 2.20. The van der Waals surface area contributed by atoms with Gasteiger partial charge in [0.05, 0.1) is 3.79 Å². The van der Waals surface area contributed by atoms with Gasteiger partial charge in [0.15, 0.2) is 0 Å². The quantitative estimate of drug-likeness (QED) is 0.597. The van der Waals surface area contributed by atoms with Crippen molar-refractivity contribution in [3.8, 4) is 0 Å². The Bertz CT molecular complexity index is 481. The first-order valence-electron chi connectivity index (χ1n) is 5.25. The van der Waals surface area contributed by atoms with Gasteiger partial charge in [0.25, 0.3) is 0 Å². The van der Waals surface area contributed by atoms with Crippen molar-refractivity contribution in [2.24, 2.45) is 5.16 Å². The summed E-state index contributed by atoms with van der Waals surface area (Å²) in [5.41, 5.74) is 2.37. The van der Waals surface area contributed by atoms with Gasteiger partial charge in [0, 0.05) is 12.6 Å². The lowest BCUT2D eigenvalue weighted by Crippen LogP contribution is -1.88. The Balaban J connectivity index is 1.72. The zero-order valence-corrected chi connectivity index (χ0v) is 11.6. The molecule has 2 aromatic rings. The molecule has 88 valence electrons. The van der Waals surface area contributed by atoms with Crippen LogP contribution in [-0.2, 0) is 17.9 Å². The zero-order chi connectivity index (χ0) is 11.9. The van der Waals surface area contributed by atoms with Crippen molar-refractivity contribution in [1.82, 2.24) is 0 Å². The van der Waals surface area contributed by atoms with E-state index in [1.807, 2.05) is 30.3 Å². The van der Waals surface area contributed by atoms with Gasteiger partial charge in [-0.2, -0.15) is 0 Å². The Hall–Kier alpha value is -1.13. The van der Waals surface area contributed by atoms with E-state index in [0.29, 0.717) is 6.61 Å².